The van der Waals surface area contributed by atoms with Crippen LogP contribution >= 0.6 is 15.9 Å². The smallest absolute Gasteiger partial charge is 0.312 e. The zero-order valence-corrected chi connectivity index (χ0v) is 12.7. The van der Waals surface area contributed by atoms with E-state index in [0.717, 1.165) is 21.3 Å². The summed E-state index contributed by atoms with van der Waals surface area (Å²) >= 11 is 3.51. The number of anilines is 1. The van der Waals surface area contributed by atoms with Gasteiger partial charge in [0.15, 0.2) is 0 Å². The molecule has 4 heteroatoms. The third kappa shape index (κ3) is 3.39. The molecule has 0 aliphatic heterocycles. The molecule has 2 rings (SSSR count). The molecular weight excluding hydrogens is 318 g/mol. The summed E-state index contributed by atoms with van der Waals surface area (Å²) < 4.78 is 0.970. The van der Waals surface area contributed by atoms with Gasteiger partial charge in [0.1, 0.15) is 0 Å². The van der Waals surface area contributed by atoms with Gasteiger partial charge in [0, 0.05) is 16.7 Å². The van der Waals surface area contributed by atoms with Crippen LogP contribution in [0.5, 0.6) is 0 Å². The van der Waals surface area contributed by atoms with Crippen molar-refractivity contribution in [1.29, 1.82) is 0 Å². The number of carboxylic acids is 1. The molecule has 2 aromatic carbocycles. The van der Waals surface area contributed by atoms with Crippen LogP contribution in [0, 0.1) is 6.92 Å². The van der Waals surface area contributed by atoms with Crippen LogP contribution in [0.15, 0.2) is 53.0 Å². The van der Waals surface area contributed by atoms with E-state index in [-0.39, 0.29) is 0 Å². The zero-order valence-electron chi connectivity index (χ0n) is 11.1. The maximum Gasteiger partial charge on any atom is 0.312 e. The minimum atomic E-state index is -0.826. The summed E-state index contributed by atoms with van der Waals surface area (Å²) in [5, 5.41) is 12.6. The maximum absolute atomic E-state index is 11.4. The molecule has 0 saturated carbocycles. The van der Waals surface area contributed by atoms with Crippen LogP contribution in [0.25, 0.3) is 0 Å². The third-order valence-corrected chi connectivity index (χ3v) is 4.24. The Morgan fingerprint density at radius 2 is 1.90 bits per heavy atom. The first kappa shape index (κ1) is 14.6. The first-order valence-corrected chi connectivity index (χ1v) is 7.15. The fourth-order valence-corrected chi connectivity index (χ4v) is 2.43. The van der Waals surface area contributed by atoms with Gasteiger partial charge in [-0.1, -0.05) is 42.5 Å². The molecule has 0 fully saturated rings. The van der Waals surface area contributed by atoms with Crippen molar-refractivity contribution < 1.29 is 9.90 Å². The van der Waals surface area contributed by atoms with E-state index in [1.54, 1.807) is 0 Å². The number of hydrogen-bond donors (Lipinski definition) is 2. The summed E-state index contributed by atoms with van der Waals surface area (Å²) in [6, 6.07) is 15.1. The number of rotatable bonds is 5. The lowest BCUT2D eigenvalue weighted by atomic mass is 9.99. The average Bonchev–Trinajstić information content (AvgIpc) is 2.44. The lowest BCUT2D eigenvalue weighted by molar-refractivity contribution is -0.138. The summed E-state index contributed by atoms with van der Waals surface area (Å²) in [6.45, 7) is 2.35. The minimum absolute atomic E-state index is 0.349. The van der Waals surface area contributed by atoms with Crippen LogP contribution in [0.2, 0.25) is 0 Å². The van der Waals surface area contributed by atoms with Crippen molar-refractivity contribution in [3.05, 3.63) is 64.1 Å². The molecule has 2 N–H and O–H groups in total. The first-order valence-electron chi connectivity index (χ1n) is 6.36. The highest BCUT2D eigenvalue weighted by molar-refractivity contribution is 9.10. The van der Waals surface area contributed by atoms with Crippen molar-refractivity contribution in [1.82, 2.24) is 0 Å². The molecule has 2 aromatic rings. The van der Waals surface area contributed by atoms with E-state index >= 15 is 0 Å². The molecule has 1 atom stereocenters. The van der Waals surface area contributed by atoms with Gasteiger partial charge in [0.05, 0.1) is 5.92 Å². The number of carbonyl (C=O) groups is 1. The second-order valence-electron chi connectivity index (χ2n) is 4.62. The monoisotopic (exact) mass is 333 g/mol. The molecule has 0 spiro atoms. The Morgan fingerprint density at radius 1 is 1.20 bits per heavy atom. The molecule has 0 saturated heterocycles. The van der Waals surface area contributed by atoms with Gasteiger partial charge in [-0.25, -0.2) is 0 Å². The Morgan fingerprint density at radius 3 is 2.55 bits per heavy atom. The molecule has 0 radical (unpaired) electrons. The summed E-state index contributed by atoms with van der Waals surface area (Å²) in [5.74, 6) is -1.39. The SMILES string of the molecule is Cc1cccc(NCC(C(=O)O)c2ccccc2)c1Br. The topological polar surface area (TPSA) is 49.3 Å². The Kier molecular flexibility index (Phi) is 4.79. The lowest BCUT2D eigenvalue weighted by Crippen LogP contribution is -2.21. The molecule has 0 bridgehead atoms. The molecule has 0 aromatic heterocycles. The lowest BCUT2D eigenvalue weighted by Gasteiger charge is -2.16. The summed E-state index contributed by atoms with van der Waals surface area (Å²) in [6.07, 6.45) is 0. The molecule has 104 valence electrons. The fraction of sp³-hybridized carbons (Fsp3) is 0.188. The van der Waals surface area contributed by atoms with E-state index < -0.39 is 11.9 Å². The van der Waals surface area contributed by atoms with Gasteiger partial charge in [-0.2, -0.15) is 0 Å². The number of halogens is 1. The van der Waals surface area contributed by atoms with Crippen molar-refractivity contribution in [3.63, 3.8) is 0 Å². The van der Waals surface area contributed by atoms with Crippen LogP contribution in [-0.2, 0) is 4.79 Å². The molecule has 0 heterocycles. The third-order valence-electron chi connectivity index (χ3n) is 3.19. The van der Waals surface area contributed by atoms with Crippen molar-refractivity contribution >= 4 is 27.6 Å². The number of aliphatic carboxylic acids is 1. The Bertz CT molecular complexity index is 599. The minimum Gasteiger partial charge on any atom is -0.481 e. The molecule has 0 amide bonds. The summed E-state index contributed by atoms with van der Waals surface area (Å²) in [4.78, 5) is 11.4. The van der Waals surface area contributed by atoms with Crippen molar-refractivity contribution in [2.24, 2.45) is 0 Å². The second kappa shape index (κ2) is 6.57. The van der Waals surface area contributed by atoms with Crippen LogP contribution in [0.1, 0.15) is 17.0 Å². The number of nitrogens with one attached hydrogen (secondary N) is 1. The first-order chi connectivity index (χ1) is 9.59. The highest BCUT2D eigenvalue weighted by atomic mass is 79.9. The highest BCUT2D eigenvalue weighted by Gasteiger charge is 2.19. The van der Waals surface area contributed by atoms with Gasteiger partial charge in [-0.15, -0.1) is 0 Å². The normalized spacial score (nSPS) is 11.9. The van der Waals surface area contributed by atoms with Crippen LogP contribution in [0.3, 0.4) is 0 Å². The molecule has 0 aliphatic carbocycles. The summed E-state index contributed by atoms with van der Waals surface area (Å²) in [5.41, 5.74) is 2.82. The Hall–Kier alpha value is -1.81. The van der Waals surface area contributed by atoms with Gasteiger partial charge >= 0.3 is 5.97 Å². The zero-order chi connectivity index (χ0) is 14.5. The maximum atomic E-state index is 11.4. The van der Waals surface area contributed by atoms with Gasteiger partial charge < -0.3 is 10.4 Å². The number of hydrogen-bond acceptors (Lipinski definition) is 2. The average molecular weight is 334 g/mol. The van der Waals surface area contributed by atoms with Crippen LogP contribution in [0.4, 0.5) is 5.69 Å². The van der Waals surface area contributed by atoms with Crippen LogP contribution < -0.4 is 5.32 Å². The van der Waals surface area contributed by atoms with Gasteiger partial charge in [0.25, 0.3) is 0 Å². The largest absolute Gasteiger partial charge is 0.481 e. The van der Waals surface area contributed by atoms with E-state index in [2.05, 4.69) is 21.2 Å². The standard InChI is InChI=1S/C16H16BrNO2/c1-11-6-5-9-14(15(11)17)18-10-13(16(19)20)12-7-3-2-4-8-12/h2-9,13,18H,10H2,1H3,(H,19,20). The molecule has 1 unspecified atom stereocenters. The molecule has 0 aliphatic rings. The van der Waals surface area contributed by atoms with E-state index in [4.69, 9.17) is 0 Å². The van der Waals surface area contributed by atoms with Crippen molar-refractivity contribution in [2.75, 3.05) is 11.9 Å². The summed E-state index contributed by atoms with van der Waals surface area (Å²) in [7, 11) is 0. The number of carboxylic acid groups (broad SMARTS) is 1. The van der Waals surface area contributed by atoms with Crippen molar-refractivity contribution in [2.45, 2.75) is 12.8 Å². The van der Waals surface area contributed by atoms with Gasteiger partial charge in [-0.3, -0.25) is 4.79 Å². The predicted molar refractivity (Wildman–Crippen MR) is 84.2 cm³/mol. The number of aryl methyl sites for hydroxylation is 1. The molecule has 20 heavy (non-hydrogen) atoms. The van der Waals surface area contributed by atoms with Crippen molar-refractivity contribution in [3.8, 4) is 0 Å². The predicted octanol–water partition coefficient (Wildman–Crippen LogP) is 4.04. The molecule has 3 nitrogen and oxygen atoms in total. The number of benzene rings is 2. The Labute approximate surface area is 126 Å². The van der Waals surface area contributed by atoms with E-state index in [1.165, 1.54) is 0 Å². The Balaban J connectivity index is 2.14. The second-order valence-corrected chi connectivity index (χ2v) is 5.41. The van der Waals surface area contributed by atoms with Crippen LogP contribution in [-0.4, -0.2) is 17.6 Å². The van der Waals surface area contributed by atoms with Gasteiger partial charge in [-0.05, 0) is 40.0 Å². The highest BCUT2D eigenvalue weighted by Crippen LogP contribution is 2.26. The van der Waals surface area contributed by atoms with E-state index in [9.17, 15) is 9.90 Å². The molecular formula is C16H16BrNO2. The quantitative estimate of drug-likeness (QED) is 0.868. The fourth-order valence-electron chi connectivity index (χ4n) is 2.03. The van der Waals surface area contributed by atoms with E-state index in [1.807, 2.05) is 55.5 Å². The van der Waals surface area contributed by atoms with E-state index in [0.29, 0.717) is 6.54 Å². The van der Waals surface area contributed by atoms with Gasteiger partial charge in [0.2, 0.25) is 0 Å².